The monoisotopic (exact) mass is 951 g/mol. The lowest BCUT2D eigenvalue weighted by Crippen LogP contribution is -2.26. The van der Waals surface area contributed by atoms with E-state index >= 15 is 0 Å². The van der Waals surface area contributed by atoms with E-state index in [0.717, 1.165) is 35.6 Å². The van der Waals surface area contributed by atoms with Crippen molar-refractivity contribution in [2.75, 3.05) is 9.80 Å². The van der Waals surface area contributed by atoms with Crippen molar-refractivity contribution in [1.82, 2.24) is 4.57 Å². The molecule has 1 aromatic heterocycles. The summed E-state index contributed by atoms with van der Waals surface area (Å²) in [6.45, 7) is 14.5. The summed E-state index contributed by atoms with van der Waals surface area (Å²) in [5, 5.41) is 7.36. The van der Waals surface area contributed by atoms with E-state index in [4.69, 9.17) is 0 Å². The summed E-state index contributed by atoms with van der Waals surface area (Å²) in [6, 6.07) is 76.1. The summed E-state index contributed by atoms with van der Waals surface area (Å²) >= 11 is 0. The zero-order chi connectivity index (χ0) is 49.8. The van der Waals surface area contributed by atoms with Crippen LogP contribution in [-0.2, 0) is 16.2 Å². The number of nitrogens with zero attached hydrogens (tertiary/aromatic N) is 3. The van der Waals surface area contributed by atoms with Gasteiger partial charge in [0.15, 0.2) is 0 Å². The Morgan fingerprint density at radius 1 is 0.392 bits per heavy atom. The van der Waals surface area contributed by atoms with Gasteiger partial charge in [0, 0.05) is 60.5 Å². The average Bonchev–Trinajstić information content (AvgIpc) is 4.01. The topological polar surface area (TPSA) is 11.4 Å². The van der Waals surface area contributed by atoms with Crippen LogP contribution in [0.5, 0.6) is 0 Å². The minimum Gasteiger partial charge on any atom is -0.310 e. The Morgan fingerprint density at radius 3 is 1.65 bits per heavy atom. The smallest absolute Gasteiger partial charge is 0.0583 e. The van der Waals surface area contributed by atoms with Gasteiger partial charge in [-0.3, -0.25) is 0 Å². The van der Waals surface area contributed by atoms with Gasteiger partial charge in [0.2, 0.25) is 0 Å². The van der Waals surface area contributed by atoms with Crippen molar-refractivity contribution in [1.29, 1.82) is 0 Å². The highest BCUT2D eigenvalue weighted by Gasteiger charge is 2.40. The molecule has 15 rings (SSSR count). The predicted octanol–water partition coefficient (Wildman–Crippen LogP) is 19.4. The Kier molecular flexibility index (Phi) is 8.94. The molecule has 3 nitrogen and oxygen atoms in total. The SMILES string of the molecule is CC1(C)C2=C(C=CCC2)c2ccc(N(c3ccc4c(c3)c3cc(N(c5ccc6c(c5)C(C)(C)c5ccccc5-6)c5cccc6ccccc56)cc5c3n4-c3ccccc3C5(C)C)c3cccc4ccccc34)cc21. The molecule has 3 heteroatoms. The summed E-state index contributed by atoms with van der Waals surface area (Å²) < 4.78 is 2.56. The third-order valence-corrected chi connectivity index (χ3v) is 17.8. The van der Waals surface area contributed by atoms with Crippen LogP contribution in [0.3, 0.4) is 0 Å². The van der Waals surface area contributed by atoms with Crippen molar-refractivity contribution in [3.63, 3.8) is 0 Å². The van der Waals surface area contributed by atoms with E-state index in [2.05, 4.69) is 268 Å². The third-order valence-electron chi connectivity index (χ3n) is 17.8. The highest BCUT2D eigenvalue weighted by atomic mass is 15.2. The lowest BCUT2D eigenvalue weighted by molar-refractivity contribution is 0.607. The average molecular weight is 952 g/mol. The second-order valence-electron chi connectivity index (χ2n) is 22.8. The van der Waals surface area contributed by atoms with Crippen molar-refractivity contribution in [2.24, 2.45) is 0 Å². The largest absolute Gasteiger partial charge is 0.310 e. The van der Waals surface area contributed by atoms with Gasteiger partial charge < -0.3 is 14.4 Å². The first-order valence-corrected chi connectivity index (χ1v) is 26.6. The molecule has 2 heterocycles. The molecule has 0 saturated heterocycles. The van der Waals surface area contributed by atoms with Crippen LogP contribution in [0.15, 0.2) is 218 Å². The van der Waals surface area contributed by atoms with Crippen LogP contribution in [-0.4, -0.2) is 4.57 Å². The van der Waals surface area contributed by atoms with Gasteiger partial charge in [-0.1, -0.05) is 187 Å². The molecular weight excluding hydrogens is 895 g/mol. The molecule has 356 valence electrons. The second kappa shape index (κ2) is 15.3. The number of aromatic nitrogens is 1. The zero-order valence-electron chi connectivity index (χ0n) is 43.0. The summed E-state index contributed by atoms with van der Waals surface area (Å²) in [5.41, 5.74) is 23.9. The van der Waals surface area contributed by atoms with Crippen LogP contribution in [0.1, 0.15) is 87.8 Å². The van der Waals surface area contributed by atoms with Crippen LogP contribution in [0.4, 0.5) is 34.1 Å². The number of anilines is 6. The van der Waals surface area contributed by atoms with Crippen LogP contribution < -0.4 is 9.80 Å². The number of para-hydroxylation sites is 1. The Morgan fingerprint density at radius 2 is 0.919 bits per heavy atom. The first-order valence-electron chi connectivity index (χ1n) is 26.6. The Labute approximate surface area is 434 Å². The first-order chi connectivity index (χ1) is 36.0. The van der Waals surface area contributed by atoms with E-state index in [1.807, 2.05) is 0 Å². The number of allylic oxidation sites excluding steroid dienone is 4. The fraction of sp³-hybridized carbons (Fsp3) is 0.155. The molecule has 0 bridgehead atoms. The lowest BCUT2D eigenvalue weighted by Gasteiger charge is -2.36. The van der Waals surface area contributed by atoms with E-state index < -0.39 is 0 Å². The Balaban J connectivity index is 1.01. The first kappa shape index (κ1) is 43.2. The molecule has 1 aliphatic heterocycles. The molecule has 4 aliphatic rings. The Hall–Kier alpha value is -8.40. The predicted molar refractivity (Wildman–Crippen MR) is 313 cm³/mol. The number of hydrogen-bond acceptors (Lipinski definition) is 2. The van der Waals surface area contributed by atoms with Crippen molar-refractivity contribution < 1.29 is 0 Å². The van der Waals surface area contributed by atoms with Crippen LogP contribution in [0.25, 0.3) is 65.7 Å². The maximum atomic E-state index is 2.56. The number of fused-ring (bicyclic) bond motifs is 12. The lowest BCUT2D eigenvalue weighted by atomic mass is 9.74. The van der Waals surface area contributed by atoms with Crippen LogP contribution in [0, 0.1) is 0 Å². The van der Waals surface area contributed by atoms with Gasteiger partial charge in [0.1, 0.15) is 0 Å². The highest BCUT2D eigenvalue weighted by Crippen LogP contribution is 2.56. The molecule has 11 aromatic rings. The minimum atomic E-state index is -0.307. The number of hydrogen-bond donors (Lipinski definition) is 0. The maximum Gasteiger partial charge on any atom is 0.0583 e. The number of benzene rings is 10. The van der Waals surface area contributed by atoms with Gasteiger partial charge in [0.25, 0.3) is 0 Å². The van der Waals surface area contributed by atoms with Gasteiger partial charge in [-0.05, 0) is 146 Å². The molecule has 3 aliphatic carbocycles. The number of rotatable bonds is 6. The maximum absolute atomic E-state index is 2.56. The van der Waals surface area contributed by atoms with Crippen molar-refractivity contribution in [3.05, 3.63) is 251 Å². The van der Waals surface area contributed by atoms with E-state index in [9.17, 15) is 0 Å². The normalized spacial score (nSPS) is 16.1. The molecule has 0 unspecified atom stereocenters. The van der Waals surface area contributed by atoms with Gasteiger partial charge in [-0.15, -0.1) is 0 Å². The van der Waals surface area contributed by atoms with Gasteiger partial charge >= 0.3 is 0 Å². The molecule has 0 radical (unpaired) electrons. The fourth-order valence-corrected chi connectivity index (χ4v) is 14.1. The van der Waals surface area contributed by atoms with Crippen molar-refractivity contribution in [3.8, 4) is 16.8 Å². The summed E-state index contributed by atoms with van der Waals surface area (Å²) in [4.78, 5) is 5.09. The third kappa shape index (κ3) is 5.90. The Bertz CT molecular complexity index is 4290. The molecule has 0 saturated carbocycles. The van der Waals surface area contributed by atoms with E-state index in [1.54, 1.807) is 5.57 Å². The molecule has 0 fully saturated rings. The summed E-state index contributed by atoms with van der Waals surface area (Å²) in [5.74, 6) is 0. The van der Waals surface area contributed by atoms with E-state index in [-0.39, 0.29) is 16.2 Å². The highest BCUT2D eigenvalue weighted by molar-refractivity contribution is 6.15. The van der Waals surface area contributed by atoms with Gasteiger partial charge in [-0.2, -0.15) is 0 Å². The summed E-state index contributed by atoms with van der Waals surface area (Å²) in [6.07, 6.45) is 6.94. The molecule has 74 heavy (non-hydrogen) atoms. The van der Waals surface area contributed by atoms with Gasteiger partial charge in [-0.25, -0.2) is 0 Å². The molecule has 0 N–H and O–H groups in total. The molecule has 0 spiro atoms. The molecule has 0 amide bonds. The molecule has 10 aromatic carbocycles. The molecular formula is C71H57N3. The van der Waals surface area contributed by atoms with Crippen LogP contribution >= 0.6 is 0 Å². The minimum absolute atomic E-state index is 0.0655. The van der Waals surface area contributed by atoms with Crippen LogP contribution in [0.2, 0.25) is 0 Å². The standard InChI is InChI=1S/C71H57N3/c1-69(2)58-27-13-11-25-52(58)54-36-33-47(41-61(54)69)72(64-31-17-21-44-19-7-9-23-50(44)64)46-35-38-66-56(39-46)57-40-49(43-63-68(57)74(66)67-30-16-15-29-60(67)71(63,5)6)73(65-32-18-22-45-20-8-10-24-51(45)65)48-34-37-55-53-26-12-14-28-59(53)70(3,4)62(55)42-48/h7-12,14-26,28-43H,13,27H2,1-6H3. The summed E-state index contributed by atoms with van der Waals surface area (Å²) in [7, 11) is 0. The van der Waals surface area contributed by atoms with E-state index in [0.29, 0.717) is 0 Å². The fourth-order valence-electron chi connectivity index (χ4n) is 14.1. The van der Waals surface area contributed by atoms with Crippen molar-refractivity contribution >= 4 is 83.0 Å². The second-order valence-corrected chi connectivity index (χ2v) is 22.8. The van der Waals surface area contributed by atoms with E-state index in [1.165, 1.54) is 110 Å². The van der Waals surface area contributed by atoms with Gasteiger partial charge in [0.05, 0.1) is 28.1 Å². The zero-order valence-corrected chi connectivity index (χ0v) is 43.0. The molecule has 0 atom stereocenters. The van der Waals surface area contributed by atoms with Crippen molar-refractivity contribution in [2.45, 2.75) is 70.6 Å². The quantitative estimate of drug-likeness (QED) is 0.165.